The lowest BCUT2D eigenvalue weighted by molar-refractivity contribution is -0.129. The second-order valence-corrected chi connectivity index (χ2v) is 6.87. The summed E-state index contributed by atoms with van der Waals surface area (Å²) in [4.78, 5) is 26.5. The molecular weight excluding hydrogens is 320 g/mol. The number of amides is 2. The summed E-state index contributed by atoms with van der Waals surface area (Å²) in [5.74, 6) is 0.487. The second kappa shape index (κ2) is 7.87. The van der Waals surface area contributed by atoms with Gasteiger partial charge in [0.2, 0.25) is 11.8 Å². The maximum absolute atomic E-state index is 12.5. The first kappa shape index (κ1) is 17.7. The first-order chi connectivity index (χ1) is 12.1. The van der Waals surface area contributed by atoms with Crippen molar-refractivity contribution in [3.63, 3.8) is 0 Å². The number of nitrogens with one attached hydrogen (secondary N) is 1. The van der Waals surface area contributed by atoms with Crippen LogP contribution in [0.1, 0.15) is 31.7 Å². The minimum Gasteiger partial charge on any atom is -0.497 e. The highest BCUT2D eigenvalue weighted by molar-refractivity contribution is 5.89. The monoisotopic (exact) mass is 346 g/mol. The SMILES string of the molecule is COc1ccc(CN2C[C@H](C(=O)N[C@H](C)[C@@H]3CCCO3)CC2=O)cc1. The molecule has 2 heterocycles. The number of ether oxygens (including phenoxy) is 2. The van der Waals surface area contributed by atoms with Crippen molar-refractivity contribution in [2.75, 3.05) is 20.3 Å². The molecule has 2 amide bonds. The van der Waals surface area contributed by atoms with Gasteiger partial charge >= 0.3 is 0 Å². The summed E-state index contributed by atoms with van der Waals surface area (Å²) < 4.78 is 10.8. The van der Waals surface area contributed by atoms with E-state index < -0.39 is 0 Å². The van der Waals surface area contributed by atoms with Gasteiger partial charge < -0.3 is 19.7 Å². The zero-order valence-electron chi connectivity index (χ0n) is 14.9. The Balaban J connectivity index is 1.53. The van der Waals surface area contributed by atoms with Crippen LogP contribution in [0.4, 0.5) is 0 Å². The summed E-state index contributed by atoms with van der Waals surface area (Å²) in [5, 5.41) is 3.02. The number of likely N-dealkylation sites (tertiary alicyclic amines) is 1. The van der Waals surface area contributed by atoms with E-state index in [-0.39, 0.29) is 36.3 Å². The minimum absolute atomic E-state index is 0.0132. The van der Waals surface area contributed by atoms with Crippen LogP contribution in [0.25, 0.3) is 0 Å². The number of nitrogens with zero attached hydrogens (tertiary/aromatic N) is 1. The maximum atomic E-state index is 12.5. The Bertz CT molecular complexity index is 610. The molecule has 1 aromatic rings. The standard InChI is InChI=1S/C19H26N2O4/c1-13(17-4-3-9-25-17)20-19(23)15-10-18(22)21(12-15)11-14-5-7-16(24-2)8-6-14/h5-8,13,15,17H,3-4,9-12H2,1-2H3,(H,20,23)/t13-,15-,17+/m1/s1. The van der Waals surface area contributed by atoms with Gasteiger partial charge in [0, 0.05) is 26.1 Å². The number of benzene rings is 1. The largest absolute Gasteiger partial charge is 0.497 e. The first-order valence-corrected chi connectivity index (χ1v) is 8.89. The molecule has 25 heavy (non-hydrogen) atoms. The van der Waals surface area contributed by atoms with Crippen LogP contribution >= 0.6 is 0 Å². The van der Waals surface area contributed by atoms with Gasteiger partial charge in [-0.25, -0.2) is 0 Å². The van der Waals surface area contributed by atoms with Crippen LogP contribution in [-0.2, 0) is 20.9 Å². The Hall–Kier alpha value is -2.08. The van der Waals surface area contributed by atoms with Crippen LogP contribution in [0.15, 0.2) is 24.3 Å². The summed E-state index contributed by atoms with van der Waals surface area (Å²) in [7, 11) is 1.62. The molecule has 2 fully saturated rings. The molecule has 2 aliphatic heterocycles. The molecule has 0 saturated carbocycles. The Morgan fingerprint density at radius 2 is 2.16 bits per heavy atom. The lowest BCUT2D eigenvalue weighted by atomic mass is 10.1. The highest BCUT2D eigenvalue weighted by Gasteiger charge is 2.35. The van der Waals surface area contributed by atoms with Crippen molar-refractivity contribution in [1.29, 1.82) is 0 Å². The molecule has 6 heteroatoms. The normalized spacial score (nSPS) is 24.4. The van der Waals surface area contributed by atoms with Crippen molar-refractivity contribution in [3.8, 4) is 5.75 Å². The fraction of sp³-hybridized carbons (Fsp3) is 0.579. The smallest absolute Gasteiger partial charge is 0.225 e. The number of carbonyl (C=O) groups is 2. The molecule has 0 unspecified atom stereocenters. The first-order valence-electron chi connectivity index (χ1n) is 8.89. The van der Waals surface area contributed by atoms with Crippen molar-refractivity contribution < 1.29 is 19.1 Å². The van der Waals surface area contributed by atoms with E-state index in [4.69, 9.17) is 9.47 Å². The molecule has 1 aromatic carbocycles. The number of methoxy groups -OCH3 is 1. The summed E-state index contributed by atoms with van der Waals surface area (Å²) in [5.41, 5.74) is 1.03. The molecule has 136 valence electrons. The van der Waals surface area contributed by atoms with E-state index >= 15 is 0 Å². The molecule has 3 rings (SSSR count). The van der Waals surface area contributed by atoms with E-state index in [1.807, 2.05) is 31.2 Å². The highest BCUT2D eigenvalue weighted by Crippen LogP contribution is 2.22. The van der Waals surface area contributed by atoms with Crippen molar-refractivity contribution in [3.05, 3.63) is 29.8 Å². The number of carbonyl (C=O) groups excluding carboxylic acids is 2. The van der Waals surface area contributed by atoms with Crippen LogP contribution in [0.5, 0.6) is 5.75 Å². The lowest BCUT2D eigenvalue weighted by Crippen LogP contribution is -2.44. The van der Waals surface area contributed by atoms with Crippen molar-refractivity contribution in [2.45, 2.75) is 44.9 Å². The van der Waals surface area contributed by atoms with Gasteiger partial charge in [0.15, 0.2) is 0 Å². The van der Waals surface area contributed by atoms with Crippen LogP contribution < -0.4 is 10.1 Å². The molecule has 0 spiro atoms. The van der Waals surface area contributed by atoms with Crippen LogP contribution in [0.2, 0.25) is 0 Å². The molecule has 0 aromatic heterocycles. The van der Waals surface area contributed by atoms with Gasteiger partial charge in [-0.15, -0.1) is 0 Å². The molecule has 3 atom stereocenters. The van der Waals surface area contributed by atoms with Gasteiger partial charge in [-0.2, -0.15) is 0 Å². The third kappa shape index (κ3) is 4.31. The Kier molecular flexibility index (Phi) is 5.58. The summed E-state index contributed by atoms with van der Waals surface area (Å²) in [6, 6.07) is 7.63. The van der Waals surface area contributed by atoms with Crippen LogP contribution in [0, 0.1) is 5.92 Å². The fourth-order valence-corrected chi connectivity index (χ4v) is 3.48. The van der Waals surface area contributed by atoms with Gasteiger partial charge in [0.05, 0.1) is 25.2 Å². The van der Waals surface area contributed by atoms with E-state index in [0.717, 1.165) is 30.8 Å². The molecule has 2 saturated heterocycles. The van der Waals surface area contributed by atoms with Gasteiger partial charge in [0.1, 0.15) is 5.75 Å². The summed E-state index contributed by atoms with van der Waals surface area (Å²) in [6.45, 7) is 3.73. The second-order valence-electron chi connectivity index (χ2n) is 6.87. The Labute approximate surface area is 148 Å². The highest BCUT2D eigenvalue weighted by atomic mass is 16.5. The molecular formula is C19H26N2O4. The van der Waals surface area contributed by atoms with Crippen molar-refractivity contribution in [1.82, 2.24) is 10.2 Å². The van der Waals surface area contributed by atoms with Gasteiger partial charge in [-0.05, 0) is 37.5 Å². The number of hydrogen-bond donors (Lipinski definition) is 1. The average Bonchev–Trinajstić information content (AvgIpc) is 3.26. The molecule has 2 aliphatic rings. The van der Waals surface area contributed by atoms with E-state index in [1.165, 1.54) is 0 Å². The Morgan fingerprint density at radius 3 is 2.80 bits per heavy atom. The molecule has 0 bridgehead atoms. The van der Waals surface area contributed by atoms with E-state index in [9.17, 15) is 9.59 Å². The number of hydrogen-bond acceptors (Lipinski definition) is 4. The summed E-state index contributed by atoms with van der Waals surface area (Å²) >= 11 is 0. The zero-order chi connectivity index (χ0) is 17.8. The zero-order valence-corrected chi connectivity index (χ0v) is 14.9. The molecule has 0 radical (unpaired) electrons. The third-order valence-corrected chi connectivity index (χ3v) is 5.01. The molecule has 6 nitrogen and oxygen atoms in total. The Morgan fingerprint density at radius 1 is 1.40 bits per heavy atom. The topological polar surface area (TPSA) is 67.9 Å². The van der Waals surface area contributed by atoms with Crippen LogP contribution in [0.3, 0.4) is 0 Å². The molecule has 1 N–H and O–H groups in total. The van der Waals surface area contributed by atoms with E-state index in [0.29, 0.717) is 13.1 Å². The predicted molar refractivity (Wildman–Crippen MR) is 93.1 cm³/mol. The average molecular weight is 346 g/mol. The lowest BCUT2D eigenvalue weighted by Gasteiger charge is -2.22. The van der Waals surface area contributed by atoms with E-state index in [2.05, 4.69) is 5.32 Å². The quantitative estimate of drug-likeness (QED) is 0.852. The summed E-state index contributed by atoms with van der Waals surface area (Å²) in [6.07, 6.45) is 2.40. The van der Waals surface area contributed by atoms with E-state index in [1.54, 1.807) is 12.0 Å². The maximum Gasteiger partial charge on any atom is 0.225 e. The van der Waals surface area contributed by atoms with Gasteiger partial charge in [-0.1, -0.05) is 12.1 Å². The third-order valence-electron chi connectivity index (χ3n) is 5.01. The fourth-order valence-electron chi connectivity index (χ4n) is 3.48. The van der Waals surface area contributed by atoms with Crippen molar-refractivity contribution in [2.24, 2.45) is 5.92 Å². The van der Waals surface area contributed by atoms with Gasteiger partial charge in [0.25, 0.3) is 0 Å². The number of rotatable bonds is 6. The van der Waals surface area contributed by atoms with Crippen LogP contribution in [-0.4, -0.2) is 49.1 Å². The molecule has 0 aliphatic carbocycles. The van der Waals surface area contributed by atoms with Gasteiger partial charge in [-0.3, -0.25) is 9.59 Å². The minimum atomic E-state index is -0.283. The predicted octanol–water partition coefficient (Wildman–Crippen LogP) is 1.73. The van der Waals surface area contributed by atoms with Crippen molar-refractivity contribution >= 4 is 11.8 Å².